The molecular weight excluding hydrogens is 398 g/mol. The lowest BCUT2D eigenvalue weighted by atomic mass is 10.1. The molecule has 140 valence electrons. The Morgan fingerprint density at radius 3 is 2.54 bits per heavy atom. The third-order valence-electron chi connectivity index (χ3n) is 4.70. The van der Waals surface area contributed by atoms with E-state index in [4.69, 9.17) is 11.6 Å². The van der Waals surface area contributed by atoms with E-state index in [0.29, 0.717) is 30.5 Å². The Morgan fingerprint density at radius 1 is 1.27 bits per heavy atom. The second-order valence-corrected chi connectivity index (χ2v) is 10.1. The summed E-state index contributed by atoms with van der Waals surface area (Å²) in [6.45, 7) is 4.11. The molecule has 0 radical (unpaired) electrons. The maximum absolute atomic E-state index is 12.7. The lowest BCUT2D eigenvalue weighted by molar-refractivity contribution is -0.933. The van der Waals surface area contributed by atoms with E-state index in [2.05, 4.69) is 0 Å². The number of nitrogens with one attached hydrogen (secondary N) is 1. The Kier molecular flexibility index (Phi) is 5.64. The number of nitro benzene ring substituents is 1. The monoisotopic (exact) mass is 416 g/mol. The van der Waals surface area contributed by atoms with Gasteiger partial charge in [-0.25, -0.2) is 8.42 Å². The number of quaternary nitrogens is 1. The Balaban J connectivity index is 1.68. The number of rotatable bonds is 5. The Bertz CT molecular complexity index is 908. The quantitative estimate of drug-likeness (QED) is 0.596. The van der Waals surface area contributed by atoms with Crippen LogP contribution in [-0.4, -0.2) is 43.8 Å². The average Bonchev–Trinajstić information content (AvgIpc) is 3.08. The van der Waals surface area contributed by atoms with Gasteiger partial charge in [-0.2, -0.15) is 4.31 Å². The second-order valence-electron chi connectivity index (χ2n) is 6.19. The molecule has 1 aliphatic rings. The van der Waals surface area contributed by atoms with E-state index in [9.17, 15) is 18.5 Å². The normalized spacial score (nSPS) is 17.9. The van der Waals surface area contributed by atoms with Gasteiger partial charge in [-0.15, -0.1) is 11.3 Å². The number of non-ortho nitro benzene ring substituents is 1. The van der Waals surface area contributed by atoms with Crippen LogP contribution < -0.4 is 4.90 Å². The molecular formula is C16H19ClN3O4S2+. The van der Waals surface area contributed by atoms with Crippen molar-refractivity contribution in [3.63, 3.8) is 0 Å². The maximum atomic E-state index is 12.7. The highest BCUT2D eigenvalue weighted by Gasteiger charge is 2.33. The third-order valence-corrected chi connectivity index (χ3v) is 8.30. The summed E-state index contributed by atoms with van der Waals surface area (Å²) >= 11 is 6.92. The molecule has 1 aromatic carbocycles. The standard InChI is InChI=1S/C16H18ClN3O4S2/c1-12(13-3-2-4-14(11-13)20(21)22)18-7-9-19(10-8-18)26(23,24)16-6-5-15(17)25-16/h2-6,11-12H,7-10H2,1H3/p+1/t12-/m0/s1. The van der Waals surface area contributed by atoms with Crippen molar-refractivity contribution >= 4 is 38.6 Å². The molecule has 0 spiro atoms. The number of thiophene rings is 1. The van der Waals surface area contributed by atoms with E-state index >= 15 is 0 Å². The highest BCUT2D eigenvalue weighted by atomic mass is 35.5. The van der Waals surface area contributed by atoms with Crippen LogP contribution in [-0.2, 0) is 10.0 Å². The van der Waals surface area contributed by atoms with Crippen LogP contribution >= 0.6 is 22.9 Å². The van der Waals surface area contributed by atoms with Gasteiger partial charge >= 0.3 is 0 Å². The lowest BCUT2D eigenvalue weighted by Crippen LogP contribution is -3.14. The zero-order chi connectivity index (χ0) is 18.9. The number of piperazine rings is 1. The Morgan fingerprint density at radius 2 is 1.96 bits per heavy atom. The molecule has 0 aliphatic carbocycles. The van der Waals surface area contributed by atoms with Crippen molar-refractivity contribution in [3.05, 3.63) is 56.4 Å². The Hall–Kier alpha value is -1.52. The first-order chi connectivity index (χ1) is 12.3. The van der Waals surface area contributed by atoms with Gasteiger partial charge in [0.05, 0.1) is 35.4 Å². The highest BCUT2D eigenvalue weighted by molar-refractivity contribution is 7.91. The minimum absolute atomic E-state index is 0.0518. The van der Waals surface area contributed by atoms with Gasteiger partial charge in [0.1, 0.15) is 10.3 Å². The summed E-state index contributed by atoms with van der Waals surface area (Å²) in [6, 6.07) is 9.80. The fourth-order valence-corrected chi connectivity index (χ4v) is 6.23. The first kappa shape index (κ1) is 19.2. The predicted octanol–water partition coefficient (Wildman–Crippen LogP) is 1.96. The zero-order valence-corrected chi connectivity index (χ0v) is 16.5. The first-order valence-electron chi connectivity index (χ1n) is 8.13. The van der Waals surface area contributed by atoms with Gasteiger partial charge in [-0.05, 0) is 19.1 Å². The number of hydrogen-bond acceptors (Lipinski definition) is 5. The van der Waals surface area contributed by atoms with Gasteiger partial charge in [0, 0.05) is 17.7 Å². The molecule has 0 amide bonds. The smallest absolute Gasteiger partial charge is 0.269 e. The number of hydrogen-bond donors (Lipinski definition) is 1. The van der Waals surface area contributed by atoms with Crippen LogP contribution in [0.1, 0.15) is 18.5 Å². The molecule has 0 bridgehead atoms. The minimum Gasteiger partial charge on any atom is -0.327 e. The second kappa shape index (κ2) is 7.61. The molecule has 1 aromatic heterocycles. The van der Waals surface area contributed by atoms with Crippen molar-refractivity contribution in [2.75, 3.05) is 26.2 Å². The molecule has 2 aromatic rings. The van der Waals surface area contributed by atoms with Crippen LogP contribution in [0.25, 0.3) is 0 Å². The molecule has 3 rings (SSSR count). The maximum Gasteiger partial charge on any atom is 0.269 e. The molecule has 1 saturated heterocycles. The lowest BCUT2D eigenvalue weighted by Gasteiger charge is -2.34. The summed E-state index contributed by atoms with van der Waals surface area (Å²) in [5.41, 5.74) is 0.958. The van der Waals surface area contributed by atoms with Crippen molar-refractivity contribution < 1.29 is 18.2 Å². The van der Waals surface area contributed by atoms with E-state index in [1.54, 1.807) is 18.2 Å². The molecule has 1 fully saturated rings. The molecule has 0 unspecified atom stereocenters. The summed E-state index contributed by atoms with van der Waals surface area (Å²) in [5, 5.41) is 11.0. The molecule has 26 heavy (non-hydrogen) atoms. The van der Waals surface area contributed by atoms with Crippen molar-refractivity contribution in [1.29, 1.82) is 0 Å². The predicted molar refractivity (Wildman–Crippen MR) is 100 cm³/mol. The van der Waals surface area contributed by atoms with Gasteiger partial charge in [-0.1, -0.05) is 23.7 Å². The van der Waals surface area contributed by atoms with Crippen molar-refractivity contribution in [2.24, 2.45) is 0 Å². The number of nitrogens with zero attached hydrogens (tertiary/aromatic N) is 2. The molecule has 1 atom stereocenters. The summed E-state index contributed by atoms with van der Waals surface area (Å²) < 4.78 is 27.5. The average molecular weight is 417 g/mol. The summed E-state index contributed by atoms with van der Waals surface area (Å²) in [6.07, 6.45) is 0. The van der Waals surface area contributed by atoms with Crippen LogP contribution in [0, 0.1) is 10.1 Å². The number of halogens is 1. The van der Waals surface area contributed by atoms with Gasteiger partial charge in [-0.3, -0.25) is 10.1 Å². The van der Waals surface area contributed by atoms with Crippen molar-refractivity contribution in [2.45, 2.75) is 17.2 Å². The van der Waals surface area contributed by atoms with Crippen LogP contribution in [0.2, 0.25) is 4.34 Å². The van der Waals surface area contributed by atoms with E-state index in [1.165, 1.54) is 21.3 Å². The molecule has 1 aliphatic heterocycles. The highest BCUT2D eigenvalue weighted by Crippen LogP contribution is 2.28. The molecule has 0 saturated carbocycles. The van der Waals surface area contributed by atoms with E-state index in [0.717, 1.165) is 16.9 Å². The van der Waals surface area contributed by atoms with Gasteiger partial charge < -0.3 is 4.90 Å². The van der Waals surface area contributed by atoms with E-state index in [1.807, 2.05) is 13.0 Å². The number of benzene rings is 1. The molecule has 10 heteroatoms. The fourth-order valence-electron chi connectivity index (χ4n) is 3.15. The topological polar surface area (TPSA) is 85.0 Å². The number of sulfonamides is 1. The molecule has 2 heterocycles. The number of nitro groups is 1. The van der Waals surface area contributed by atoms with Crippen LogP contribution in [0.3, 0.4) is 0 Å². The van der Waals surface area contributed by atoms with Gasteiger partial charge in [0.2, 0.25) is 0 Å². The van der Waals surface area contributed by atoms with Crippen LogP contribution in [0.5, 0.6) is 0 Å². The SMILES string of the molecule is C[C@@H](c1cccc([N+](=O)[O-])c1)[NH+]1CCN(S(=O)(=O)c2ccc(Cl)s2)CC1. The van der Waals surface area contributed by atoms with Crippen LogP contribution in [0.15, 0.2) is 40.6 Å². The summed E-state index contributed by atoms with van der Waals surface area (Å²) in [5.74, 6) is 0. The fraction of sp³-hybridized carbons (Fsp3) is 0.375. The molecule has 7 nitrogen and oxygen atoms in total. The first-order valence-corrected chi connectivity index (χ1v) is 10.8. The minimum atomic E-state index is -3.51. The van der Waals surface area contributed by atoms with Crippen molar-refractivity contribution in [3.8, 4) is 0 Å². The summed E-state index contributed by atoms with van der Waals surface area (Å²) in [7, 11) is -3.51. The molecule has 1 N–H and O–H groups in total. The third kappa shape index (κ3) is 3.91. The van der Waals surface area contributed by atoms with Crippen molar-refractivity contribution in [1.82, 2.24) is 4.31 Å². The van der Waals surface area contributed by atoms with Gasteiger partial charge in [0.25, 0.3) is 15.7 Å². The van der Waals surface area contributed by atoms with E-state index < -0.39 is 14.9 Å². The zero-order valence-electron chi connectivity index (χ0n) is 14.1. The van der Waals surface area contributed by atoms with Crippen LogP contribution in [0.4, 0.5) is 5.69 Å². The van der Waals surface area contributed by atoms with E-state index in [-0.39, 0.29) is 15.9 Å². The Labute approximate surface area is 161 Å². The largest absolute Gasteiger partial charge is 0.327 e. The summed E-state index contributed by atoms with van der Waals surface area (Å²) in [4.78, 5) is 11.8. The van der Waals surface area contributed by atoms with Gasteiger partial charge in [0.15, 0.2) is 0 Å².